The lowest BCUT2D eigenvalue weighted by atomic mass is 9.99. The molecule has 11 heteroatoms. The molecule has 1 fully saturated rings. The second-order valence-electron chi connectivity index (χ2n) is 27.8. The van der Waals surface area contributed by atoms with Gasteiger partial charge in [0.15, 0.2) is 6.29 Å². The lowest BCUT2D eigenvalue weighted by Crippen LogP contribution is -2.60. The molecule has 0 aromatic heterocycles. The van der Waals surface area contributed by atoms with Crippen LogP contribution in [0, 0.1) is 0 Å². The zero-order valence-electron chi connectivity index (χ0n) is 58.9. The molecule has 0 saturated carbocycles. The Hall–Kier alpha value is -1.60. The molecule has 0 bridgehead atoms. The van der Waals surface area contributed by atoms with Gasteiger partial charge in [-0.3, -0.25) is 9.59 Å². The summed E-state index contributed by atoms with van der Waals surface area (Å²) in [5, 5.41) is 54.4. The van der Waals surface area contributed by atoms with Crippen molar-refractivity contribution in [2.45, 2.75) is 455 Å². The van der Waals surface area contributed by atoms with E-state index in [9.17, 15) is 35.1 Å². The molecule has 6 N–H and O–H groups in total. The highest BCUT2D eigenvalue weighted by molar-refractivity contribution is 5.76. The van der Waals surface area contributed by atoms with Crippen molar-refractivity contribution in [1.82, 2.24) is 5.32 Å². The molecule has 0 spiro atoms. The fraction of sp³-hybridized carbons (Fsp3) is 0.949. The summed E-state index contributed by atoms with van der Waals surface area (Å²) in [6, 6.07) is -0.803. The topological polar surface area (TPSA) is 175 Å². The summed E-state index contributed by atoms with van der Waals surface area (Å²) in [7, 11) is 0. The fourth-order valence-electron chi connectivity index (χ4n) is 13.0. The van der Waals surface area contributed by atoms with Gasteiger partial charge in [0, 0.05) is 12.8 Å². The first kappa shape index (κ1) is 85.4. The fourth-order valence-corrected chi connectivity index (χ4v) is 13.0. The van der Waals surface area contributed by atoms with Crippen molar-refractivity contribution < 1.29 is 49.3 Å². The molecule has 1 rings (SSSR count). The summed E-state index contributed by atoms with van der Waals surface area (Å²) in [4.78, 5) is 25.1. The molecule has 1 saturated heterocycles. The minimum absolute atomic E-state index is 0.0199. The van der Waals surface area contributed by atoms with E-state index in [0.29, 0.717) is 19.4 Å². The molecular weight excluding hydrogens is 1110 g/mol. The van der Waals surface area contributed by atoms with Gasteiger partial charge in [0.1, 0.15) is 24.4 Å². The van der Waals surface area contributed by atoms with E-state index in [0.717, 1.165) is 51.4 Å². The van der Waals surface area contributed by atoms with Crippen molar-refractivity contribution >= 4 is 11.9 Å². The number of aliphatic hydroxyl groups excluding tert-OH is 5. The van der Waals surface area contributed by atoms with Crippen LogP contribution in [0.2, 0.25) is 0 Å². The van der Waals surface area contributed by atoms with Crippen LogP contribution in [0.4, 0.5) is 0 Å². The Morgan fingerprint density at radius 2 is 0.708 bits per heavy atom. The minimum atomic E-state index is -1.57. The van der Waals surface area contributed by atoms with Gasteiger partial charge in [-0.2, -0.15) is 0 Å². The SMILES string of the molecule is CCCCCCCCCC/C=C/C(O)C(COC1OC(CO)C(O)C(O)C1O)NC(=O)CCCCCCCCCCCCCCCCCCCCCCCCCCCCCCCCCCCCCCCCCOC(=O)CCCCCCCCCCCCCC. The number of carbonyl (C=O) groups excluding carboxylic acids is 2. The van der Waals surface area contributed by atoms with Crippen molar-refractivity contribution in [2.24, 2.45) is 0 Å². The average molecular weight is 1260 g/mol. The Balaban J connectivity index is 1.85. The molecule has 1 aliphatic heterocycles. The van der Waals surface area contributed by atoms with Gasteiger partial charge in [-0.05, 0) is 32.1 Å². The Labute approximate surface area is 550 Å². The highest BCUT2D eigenvalue weighted by Gasteiger charge is 2.44. The van der Waals surface area contributed by atoms with Gasteiger partial charge < -0.3 is 45.1 Å². The molecule has 0 aliphatic carbocycles. The molecule has 7 atom stereocenters. The predicted molar refractivity (Wildman–Crippen MR) is 375 cm³/mol. The largest absolute Gasteiger partial charge is 0.466 e. The number of unbranched alkanes of at least 4 members (excludes halogenated alkanes) is 57. The van der Waals surface area contributed by atoms with E-state index in [1.165, 1.54) is 334 Å². The van der Waals surface area contributed by atoms with E-state index in [1.54, 1.807) is 6.08 Å². The number of rotatable bonds is 71. The van der Waals surface area contributed by atoms with E-state index in [4.69, 9.17) is 14.2 Å². The van der Waals surface area contributed by atoms with Crippen LogP contribution in [0.25, 0.3) is 0 Å². The van der Waals surface area contributed by atoms with Crippen LogP contribution in [-0.2, 0) is 23.8 Å². The summed E-state index contributed by atoms with van der Waals surface area (Å²) >= 11 is 0. The number of allylic oxidation sites excluding steroid dienone is 1. The van der Waals surface area contributed by atoms with Crippen LogP contribution in [0.1, 0.15) is 412 Å². The number of amides is 1. The van der Waals surface area contributed by atoms with Crippen LogP contribution in [0.15, 0.2) is 12.2 Å². The quantitative estimate of drug-likeness (QED) is 0.0195. The number of esters is 1. The van der Waals surface area contributed by atoms with Gasteiger partial charge in [-0.25, -0.2) is 0 Å². The normalized spacial score (nSPS) is 17.7. The zero-order valence-corrected chi connectivity index (χ0v) is 58.9. The Morgan fingerprint density at radius 1 is 0.404 bits per heavy atom. The lowest BCUT2D eigenvalue weighted by molar-refractivity contribution is -0.302. The number of aliphatic hydroxyl groups is 5. The Kier molecular flexibility index (Phi) is 65.1. The third kappa shape index (κ3) is 56.5. The summed E-state index contributed by atoms with van der Waals surface area (Å²) in [5.74, 6) is -0.154. The minimum Gasteiger partial charge on any atom is -0.466 e. The molecule has 7 unspecified atom stereocenters. The third-order valence-electron chi connectivity index (χ3n) is 19.2. The first-order chi connectivity index (χ1) is 43.7. The van der Waals surface area contributed by atoms with Crippen LogP contribution < -0.4 is 5.32 Å². The Bertz CT molecular complexity index is 1480. The van der Waals surface area contributed by atoms with Crippen LogP contribution in [-0.4, -0.2) is 100 Å². The molecule has 1 aliphatic rings. The maximum Gasteiger partial charge on any atom is 0.305 e. The third-order valence-corrected chi connectivity index (χ3v) is 19.2. The second-order valence-corrected chi connectivity index (χ2v) is 27.8. The van der Waals surface area contributed by atoms with E-state index in [-0.39, 0.29) is 18.5 Å². The molecule has 1 heterocycles. The first-order valence-corrected chi connectivity index (χ1v) is 39.5. The van der Waals surface area contributed by atoms with Gasteiger partial charge >= 0.3 is 5.97 Å². The van der Waals surface area contributed by atoms with E-state index in [1.807, 2.05) is 6.08 Å². The summed E-state index contributed by atoms with van der Waals surface area (Å²) in [6.07, 6.45) is 75.5. The monoisotopic (exact) mass is 1260 g/mol. The zero-order chi connectivity index (χ0) is 64.4. The van der Waals surface area contributed by atoms with E-state index >= 15 is 0 Å². The maximum atomic E-state index is 13.0. The van der Waals surface area contributed by atoms with Crippen molar-refractivity contribution in [2.75, 3.05) is 19.8 Å². The smallest absolute Gasteiger partial charge is 0.305 e. The molecule has 528 valence electrons. The van der Waals surface area contributed by atoms with Crippen molar-refractivity contribution in [1.29, 1.82) is 0 Å². The molecule has 0 aromatic carbocycles. The van der Waals surface area contributed by atoms with Crippen LogP contribution in [0.3, 0.4) is 0 Å². The van der Waals surface area contributed by atoms with Crippen molar-refractivity contribution in [3.05, 3.63) is 12.2 Å². The van der Waals surface area contributed by atoms with Gasteiger partial charge in [0.25, 0.3) is 0 Å². The summed E-state index contributed by atoms with van der Waals surface area (Å²) in [6.45, 7) is 4.38. The number of nitrogens with one attached hydrogen (secondary N) is 1. The lowest BCUT2D eigenvalue weighted by Gasteiger charge is -2.40. The standard InChI is InChI=1S/C78H151NO10/c1-3-5-7-9-11-13-15-46-50-54-58-62-66-74(83)87-67-63-59-55-51-47-44-42-40-38-36-34-32-30-28-26-24-22-20-18-16-17-19-21-23-25-27-29-31-33-35-37-39-41-43-45-49-53-57-61-65-73(82)79-70(69-88-78-77(86)76(85)75(84)72(68-80)89-78)71(81)64-60-56-52-48-14-12-10-8-6-4-2/h60,64,70-72,75-78,80-81,84-86H,3-59,61-63,65-69H2,1-2H3,(H,79,82)/b64-60+. The van der Waals surface area contributed by atoms with Crippen LogP contribution in [0.5, 0.6) is 0 Å². The molecule has 1 amide bonds. The Morgan fingerprint density at radius 3 is 1.04 bits per heavy atom. The van der Waals surface area contributed by atoms with Crippen LogP contribution >= 0.6 is 0 Å². The molecule has 11 nitrogen and oxygen atoms in total. The highest BCUT2D eigenvalue weighted by Crippen LogP contribution is 2.24. The van der Waals surface area contributed by atoms with Crippen molar-refractivity contribution in [3.63, 3.8) is 0 Å². The molecule has 89 heavy (non-hydrogen) atoms. The maximum absolute atomic E-state index is 13.0. The van der Waals surface area contributed by atoms with Gasteiger partial charge in [0.05, 0.1) is 32.0 Å². The second kappa shape index (κ2) is 67.8. The van der Waals surface area contributed by atoms with Gasteiger partial charge in [0.2, 0.25) is 5.91 Å². The summed E-state index contributed by atoms with van der Waals surface area (Å²) in [5.41, 5.74) is 0. The van der Waals surface area contributed by atoms with Gasteiger partial charge in [-0.1, -0.05) is 379 Å². The number of carbonyl (C=O) groups is 2. The van der Waals surface area contributed by atoms with E-state index < -0.39 is 49.5 Å². The number of hydrogen-bond donors (Lipinski definition) is 6. The van der Waals surface area contributed by atoms with Gasteiger partial charge in [-0.15, -0.1) is 0 Å². The first-order valence-electron chi connectivity index (χ1n) is 39.5. The van der Waals surface area contributed by atoms with Crippen molar-refractivity contribution in [3.8, 4) is 0 Å². The summed E-state index contributed by atoms with van der Waals surface area (Å²) < 4.78 is 16.7. The molecular formula is C78H151NO10. The average Bonchev–Trinajstić information content (AvgIpc) is 2.81. The molecule has 0 radical (unpaired) electrons. The number of ether oxygens (including phenoxy) is 3. The highest BCUT2D eigenvalue weighted by atomic mass is 16.7. The molecule has 0 aromatic rings. The predicted octanol–water partition coefficient (Wildman–Crippen LogP) is 21.0. The van der Waals surface area contributed by atoms with E-state index in [2.05, 4.69) is 19.2 Å². The number of hydrogen-bond acceptors (Lipinski definition) is 10.